The summed E-state index contributed by atoms with van der Waals surface area (Å²) >= 11 is 0. The van der Waals surface area contributed by atoms with Gasteiger partial charge in [-0.25, -0.2) is 0 Å². The van der Waals surface area contributed by atoms with Gasteiger partial charge in [-0.05, 0) is 37.5 Å². The molecular weight excluding hydrogens is 242 g/mol. The number of carboxylic acids is 1. The third-order valence-corrected chi connectivity index (χ3v) is 3.89. The number of aryl methyl sites for hydroxylation is 1. The van der Waals surface area contributed by atoms with Gasteiger partial charge in [0.25, 0.3) is 0 Å². The van der Waals surface area contributed by atoms with Crippen molar-refractivity contribution in [2.75, 3.05) is 20.2 Å². The van der Waals surface area contributed by atoms with Crippen molar-refractivity contribution in [2.45, 2.75) is 25.8 Å². The predicted octanol–water partition coefficient (Wildman–Crippen LogP) is 2.03. The van der Waals surface area contributed by atoms with E-state index in [-0.39, 0.29) is 5.92 Å². The minimum Gasteiger partial charge on any atom is -0.497 e. The lowest BCUT2D eigenvalue weighted by Crippen LogP contribution is -2.54. The third kappa shape index (κ3) is 3.47. The van der Waals surface area contributed by atoms with E-state index in [2.05, 4.69) is 24.0 Å². The fraction of sp³-hybridized carbons (Fsp3) is 0.533. The van der Waals surface area contributed by atoms with Crippen LogP contribution in [0.1, 0.15) is 18.9 Å². The van der Waals surface area contributed by atoms with E-state index in [4.69, 9.17) is 9.84 Å². The first-order chi connectivity index (χ1) is 9.10. The van der Waals surface area contributed by atoms with Crippen LogP contribution < -0.4 is 4.74 Å². The van der Waals surface area contributed by atoms with Crippen molar-refractivity contribution in [2.24, 2.45) is 5.92 Å². The van der Waals surface area contributed by atoms with Crippen LogP contribution in [0.4, 0.5) is 0 Å². The standard InChI is InChI=1S/C15H21NO3/c1-11(16-9-13(10-16)15(17)18)3-4-12-5-7-14(19-2)8-6-12/h5-8,11,13H,3-4,9-10H2,1-2H3,(H,17,18). The summed E-state index contributed by atoms with van der Waals surface area (Å²) < 4.78 is 5.13. The summed E-state index contributed by atoms with van der Waals surface area (Å²) in [6.07, 6.45) is 2.07. The predicted molar refractivity (Wildman–Crippen MR) is 73.5 cm³/mol. The molecule has 1 aliphatic heterocycles. The fourth-order valence-electron chi connectivity index (χ4n) is 2.38. The Hall–Kier alpha value is -1.55. The van der Waals surface area contributed by atoms with Gasteiger partial charge in [0.1, 0.15) is 5.75 Å². The second kappa shape index (κ2) is 6.06. The van der Waals surface area contributed by atoms with Crippen LogP contribution in [0.3, 0.4) is 0 Å². The summed E-state index contributed by atoms with van der Waals surface area (Å²) in [5.41, 5.74) is 1.29. The van der Waals surface area contributed by atoms with Gasteiger partial charge in [0.2, 0.25) is 0 Å². The topological polar surface area (TPSA) is 49.8 Å². The van der Waals surface area contributed by atoms with Crippen LogP contribution in [0.15, 0.2) is 24.3 Å². The van der Waals surface area contributed by atoms with Gasteiger partial charge in [0.05, 0.1) is 13.0 Å². The fourth-order valence-corrected chi connectivity index (χ4v) is 2.38. The van der Waals surface area contributed by atoms with E-state index >= 15 is 0 Å². The first-order valence-electron chi connectivity index (χ1n) is 6.70. The van der Waals surface area contributed by atoms with Crippen LogP contribution in [0.25, 0.3) is 0 Å². The maximum Gasteiger partial charge on any atom is 0.309 e. The van der Waals surface area contributed by atoms with Crippen LogP contribution in [-0.2, 0) is 11.2 Å². The molecule has 1 aliphatic rings. The number of carboxylic acid groups (broad SMARTS) is 1. The number of hydrogen-bond acceptors (Lipinski definition) is 3. The molecule has 1 unspecified atom stereocenters. The molecule has 1 saturated heterocycles. The molecule has 0 aromatic heterocycles. The van der Waals surface area contributed by atoms with Crippen LogP contribution in [0.2, 0.25) is 0 Å². The molecule has 0 aliphatic carbocycles. The molecule has 0 bridgehead atoms. The molecule has 0 spiro atoms. The highest BCUT2D eigenvalue weighted by atomic mass is 16.5. The van der Waals surface area contributed by atoms with Crippen molar-refractivity contribution in [3.8, 4) is 5.75 Å². The molecule has 1 heterocycles. The lowest BCUT2D eigenvalue weighted by Gasteiger charge is -2.41. The van der Waals surface area contributed by atoms with E-state index in [0.717, 1.165) is 18.6 Å². The Morgan fingerprint density at radius 1 is 1.42 bits per heavy atom. The van der Waals surface area contributed by atoms with E-state index in [0.29, 0.717) is 19.1 Å². The van der Waals surface area contributed by atoms with Gasteiger partial charge in [0, 0.05) is 19.1 Å². The molecule has 1 fully saturated rings. The van der Waals surface area contributed by atoms with E-state index < -0.39 is 5.97 Å². The maximum absolute atomic E-state index is 10.8. The lowest BCUT2D eigenvalue weighted by atomic mass is 9.96. The number of ether oxygens (including phenoxy) is 1. The highest BCUT2D eigenvalue weighted by Crippen LogP contribution is 2.21. The maximum atomic E-state index is 10.8. The zero-order chi connectivity index (χ0) is 13.8. The Morgan fingerprint density at radius 2 is 2.05 bits per heavy atom. The average Bonchev–Trinajstić information content (AvgIpc) is 2.34. The number of rotatable bonds is 6. The van der Waals surface area contributed by atoms with Crippen molar-refractivity contribution >= 4 is 5.97 Å². The summed E-state index contributed by atoms with van der Waals surface area (Å²) in [6.45, 7) is 3.56. The Morgan fingerprint density at radius 3 is 2.58 bits per heavy atom. The molecule has 2 rings (SSSR count). The lowest BCUT2D eigenvalue weighted by molar-refractivity contribution is -0.148. The Labute approximate surface area is 114 Å². The SMILES string of the molecule is COc1ccc(CCC(C)N2CC(C(=O)O)C2)cc1. The molecule has 1 atom stereocenters. The van der Waals surface area contributed by atoms with Crippen molar-refractivity contribution in [3.63, 3.8) is 0 Å². The molecule has 1 aromatic carbocycles. The molecule has 1 aromatic rings. The number of likely N-dealkylation sites (tertiary alicyclic amines) is 1. The minimum absolute atomic E-state index is 0.163. The van der Waals surface area contributed by atoms with Crippen LogP contribution in [0, 0.1) is 5.92 Å². The number of methoxy groups -OCH3 is 1. The average molecular weight is 263 g/mol. The summed E-state index contributed by atoms with van der Waals surface area (Å²) in [5.74, 6) is 0.0471. The quantitative estimate of drug-likeness (QED) is 0.853. The molecular formula is C15H21NO3. The first-order valence-corrected chi connectivity index (χ1v) is 6.70. The van der Waals surface area contributed by atoms with Crippen LogP contribution >= 0.6 is 0 Å². The Balaban J connectivity index is 1.74. The monoisotopic (exact) mass is 263 g/mol. The summed E-state index contributed by atoms with van der Waals surface area (Å²) in [6, 6.07) is 8.56. The molecule has 0 saturated carbocycles. The summed E-state index contributed by atoms with van der Waals surface area (Å²) in [4.78, 5) is 13.0. The number of carbonyl (C=O) groups is 1. The van der Waals surface area contributed by atoms with Gasteiger partial charge in [-0.15, -0.1) is 0 Å². The molecule has 1 N–H and O–H groups in total. The molecule has 4 heteroatoms. The smallest absolute Gasteiger partial charge is 0.309 e. The normalized spacial score (nSPS) is 17.8. The molecule has 104 valence electrons. The third-order valence-electron chi connectivity index (χ3n) is 3.89. The highest BCUT2D eigenvalue weighted by molar-refractivity contribution is 5.71. The number of aliphatic carboxylic acids is 1. The summed E-state index contributed by atoms with van der Waals surface area (Å²) in [5, 5.41) is 8.85. The minimum atomic E-state index is -0.668. The van der Waals surface area contributed by atoms with Gasteiger partial charge >= 0.3 is 5.97 Å². The van der Waals surface area contributed by atoms with Crippen molar-refractivity contribution in [1.29, 1.82) is 0 Å². The van der Waals surface area contributed by atoms with Crippen LogP contribution in [0.5, 0.6) is 5.75 Å². The van der Waals surface area contributed by atoms with E-state index in [1.54, 1.807) is 7.11 Å². The Kier molecular flexibility index (Phi) is 4.43. The van der Waals surface area contributed by atoms with Crippen molar-refractivity contribution in [3.05, 3.63) is 29.8 Å². The number of hydrogen-bond donors (Lipinski definition) is 1. The number of benzene rings is 1. The second-order valence-electron chi connectivity index (χ2n) is 5.22. The van der Waals surface area contributed by atoms with Gasteiger partial charge in [-0.1, -0.05) is 12.1 Å². The zero-order valence-electron chi connectivity index (χ0n) is 11.5. The molecule has 0 amide bonds. The molecule has 0 radical (unpaired) electrons. The van der Waals surface area contributed by atoms with Gasteiger partial charge in [-0.3, -0.25) is 9.69 Å². The van der Waals surface area contributed by atoms with E-state index in [9.17, 15) is 4.79 Å². The largest absolute Gasteiger partial charge is 0.497 e. The van der Waals surface area contributed by atoms with Gasteiger partial charge < -0.3 is 9.84 Å². The molecule has 4 nitrogen and oxygen atoms in total. The van der Waals surface area contributed by atoms with Crippen molar-refractivity contribution < 1.29 is 14.6 Å². The summed E-state index contributed by atoms with van der Waals surface area (Å²) in [7, 11) is 1.67. The zero-order valence-corrected chi connectivity index (χ0v) is 11.5. The number of nitrogens with zero attached hydrogens (tertiary/aromatic N) is 1. The van der Waals surface area contributed by atoms with E-state index in [1.165, 1.54) is 5.56 Å². The van der Waals surface area contributed by atoms with Gasteiger partial charge in [0.15, 0.2) is 0 Å². The van der Waals surface area contributed by atoms with Crippen molar-refractivity contribution in [1.82, 2.24) is 4.90 Å². The second-order valence-corrected chi connectivity index (χ2v) is 5.22. The highest BCUT2D eigenvalue weighted by Gasteiger charge is 2.34. The first kappa shape index (κ1) is 13.9. The molecule has 19 heavy (non-hydrogen) atoms. The van der Waals surface area contributed by atoms with Gasteiger partial charge in [-0.2, -0.15) is 0 Å². The van der Waals surface area contributed by atoms with E-state index in [1.807, 2.05) is 12.1 Å². The Bertz CT molecular complexity index is 424. The van der Waals surface area contributed by atoms with Crippen LogP contribution in [-0.4, -0.2) is 42.2 Å².